The van der Waals surface area contributed by atoms with Gasteiger partial charge in [-0.25, -0.2) is 5.48 Å². The third kappa shape index (κ3) is 3.81. The number of hydrogen-bond acceptors (Lipinski definition) is 4. The summed E-state index contributed by atoms with van der Waals surface area (Å²) in [7, 11) is 0. The molecule has 2 amide bonds. The maximum Gasteiger partial charge on any atom is 0.268 e. The van der Waals surface area contributed by atoms with Crippen LogP contribution in [-0.4, -0.2) is 34.3 Å². The summed E-state index contributed by atoms with van der Waals surface area (Å²) in [6.45, 7) is 1.32. The summed E-state index contributed by atoms with van der Waals surface area (Å²) in [6.07, 6.45) is 4.04. The van der Waals surface area contributed by atoms with E-state index in [9.17, 15) is 14.7 Å². The smallest absolute Gasteiger partial charge is 0.268 e. The predicted molar refractivity (Wildman–Crippen MR) is 67.2 cm³/mol. The summed E-state index contributed by atoms with van der Waals surface area (Å²) in [4.78, 5) is 23.1. The number of rotatable bonds is 4. The van der Waals surface area contributed by atoms with E-state index in [1.807, 2.05) is 0 Å². The number of aliphatic hydroxyl groups excluding tert-OH is 1. The van der Waals surface area contributed by atoms with Crippen LogP contribution in [0, 0.1) is 12.3 Å². The fourth-order valence-corrected chi connectivity index (χ4v) is 1.42. The minimum Gasteiger partial charge on any atom is -0.391 e. The molecule has 2 atom stereocenters. The van der Waals surface area contributed by atoms with Crippen LogP contribution in [-0.2, 0) is 4.79 Å². The van der Waals surface area contributed by atoms with E-state index in [-0.39, 0.29) is 5.56 Å². The number of aliphatic hydroxyl groups is 1. The first kappa shape index (κ1) is 14.7. The summed E-state index contributed by atoms with van der Waals surface area (Å²) < 4.78 is 0. The minimum atomic E-state index is -1.25. The molecule has 1 rings (SSSR count). The molecule has 0 radical (unpaired) electrons. The summed E-state index contributed by atoms with van der Waals surface area (Å²) >= 11 is 0. The SMILES string of the molecule is C#Cc1ccc(C(=O)NC(C(=O)NO)C(C)O)cc1. The molecule has 0 spiro atoms. The molecule has 0 aromatic heterocycles. The zero-order valence-corrected chi connectivity index (χ0v) is 10.3. The van der Waals surface area contributed by atoms with Crippen molar-refractivity contribution in [1.29, 1.82) is 0 Å². The highest BCUT2D eigenvalue weighted by Crippen LogP contribution is 2.04. The van der Waals surface area contributed by atoms with E-state index in [0.717, 1.165) is 0 Å². The molecule has 1 aromatic rings. The van der Waals surface area contributed by atoms with Crippen LogP contribution in [0.1, 0.15) is 22.8 Å². The first-order valence-corrected chi connectivity index (χ1v) is 5.49. The zero-order chi connectivity index (χ0) is 14.4. The zero-order valence-electron chi connectivity index (χ0n) is 10.3. The van der Waals surface area contributed by atoms with Gasteiger partial charge in [-0.1, -0.05) is 5.92 Å². The molecule has 0 aliphatic rings. The molecule has 0 saturated heterocycles. The van der Waals surface area contributed by atoms with Gasteiger partial charge in [0.1, 0.15) is 6.04 Å². The molecule has 1 aromatic carbocycles. The van der Waals surface area contributed by atoms with Gasteiger partial charge in [-0.15, -0.1) is 6.42 Å². The first-order valence-electron chi connectivity index (χ1n) is 5.49. The van der Waals surface area contributed by atoms with Crippen molar-refractivity contribution < 1.29 is 19.9 Å². The van der Waals surface area contributed by atoms with Crippen LogP contribution in [0.15, 0.2) is 24.3 Å². The van der Waals surface area contributed by atoms with E-state index < -0.39 is 24.0 Å². The van der Waals surface area contributed by atoms with Gasteiger partial charge in [0.2, 0.25) is 0 Å². The number of hydroxylamine groups is 1. The molecular formula is C13H14N2O4. The van der Waals surface area contributed by atoms with E-state index in [4.69, 9.17) is 11.6 Å². The van der Waals surface area contributed by atoms with Crippen LogP contribution < -0.4 is 10.8 Å². The molecule has 19 heavy (non-hydrogen) atoms. The second-order valence-corrected chi connectivity index (χ2v) is 3.89. The van der Waals surface area contributed by atoms with Crippen molar-refractivity contribution in [3.63, 3.8) is 0 Å². The van der Waals surface area contributed by atoms with Crippen LogP contribution in [0.2, 0.25) is 0 Å². The Morgan fingerprint density at radius 3 is 2.32 bits per heavy atom. The third-order valence-electron chi connectivity index (χ3n) is 2.48. The lowest BCUT2D eigenvalue weighted by molar-refractivity contribution is -0.133. The van der Waals surface area contributed by atoms with Gasteiger partial charge >= 0.3 is 0 Å². The summed E-state index contributed by atoms with van der Waals surface area (Å²) in [6, 6.07) is 4.92. The number of hydrogen-bond donors (Lipinski definition) is 4. The van der Waals surface area contributed by atoms with Crippen molar-refractivity contribution in [2.45, 2.75) is 19.1 Å². The number of carbonyl (C=O) groups is 2. The maximum atomic E-state index is 11.8. The minimum absolute atomic E-state index is 0.287. The standard InChI is InChI=1S/C13H14N2O4/c1-3-9-4-6-10(7-5-9)12(17)14-11(8(2)16)13(18)15-19/h1,4-8,11,16,19H,2H3,(H,14,17)(H,15,18). The van der Waals surface area contributed by atoms with Crippen LogP contribution in [0.4, 0.5) is 0 Å². The Labute approximate surface area is 110 Å². The molecule has 0 aliphatic carbocycles. The molecule has 100 valence electrons. The number of nitrogens with one attached hydrogen (secondary N) is 2. The molecule has 4 N–H and O–H groups in total. The van der Waals surface area contributed by atoms with Gasteiger partial charge in [0.05, 0.1) is 6.10 Å². The highest BCUT2D eigenvalue weighted by Gasteiger charge is 2.25. The molecule has 0 aliphatic heterocycles. The van der Waals surface area contributed by atoms with Gasteiger partial charge in [0.25, 0.3) is 11.8 Å². The summed E-state index contributed by atoms with van der Waals surface area (Å²) in [5.41, 5.74) is 2.29. The molecule has 0 bridgehead atoms. The van der Waals surface area contributed by atoms with Crippen LogP contribution in [0.25, 0.3) is 0 Å². The van der Waals surface area contributed by atoms with Crippen LogP contribution in [0.3, 0.4) is 0 Å². The van der Waals surface area contributed by atoms with Gasteiger partial charge in [-0.05, 0) is 31.2 Å². The van der Waals surface area contributed by atoms with E-state index >= 15 is 0 Å². The lowest BCUT2D eigenvalue weighted by Crippen LogP contribution is -2.51. The molecule has 2 unspecified atom stereocenters. The molecular weight excluding hydrogens is 248 g/mol. The molecule has 0 saturated carbocycles. The average molecular weight is 262 g/mol. The second kappa shape index (κ2) is 6.54. The van der Waals surface area contributed by atoms with Gasteiger partial charge in [-0.2, -0.15) is 0 Å². The number of terminal acetylenes is 1. The van der Waals surface area contributed by atoms with Gasteiger partial charge in [0.15, 0.2) is 0 Å². The highest BCUT2D eigenvalue weighted by atomic mass is 16.5. The van der Waals surface area contributed by atoms with Crippen molar-refractivity contribution in [3.8, 4) is 12.3 Å². The Hall–Kier alpha value is -2.36. The summed E-state index contributed by atoms with van der Waals surface area (Å²) in [5, 5.41) is 20.2. The van der Waals surface area contributed by atoms with Crippen molar-refractivity contribution in [2.24, 2.45) is 0 Å². The largest absolute Gasteiger partial charge is 0.391 e. The Morgan fingerprint density at radius 2 is 1.89 bits per heavy atom. The normalized spacial score (nSPS) is 12.9. The summed E-state index contributed by atoms with van der Waals surface area (Å²) in [5.74, 6) is 0.954. The van der Waals surface area contributed by atoms with Crippen molar-refractivity contribution in [2.75, 3.05) is 0 Å². The fourth-order valence-electron chi connectivity index (χ4n) is 1.42. The maximum absolute atomic E-state index is 11.8. The Balaban J connectivity index is 2.82. The first-order chi connectivity index (χ1) is 8.99. The molecule has 6 nitrogen and oxygen atoms in total. The number of amides is 2. The van der Waals surface area contributed by atoms with E-state index in [1.54, 1.807) is 12.1 Å². The van der Waals surface area contributed by atoms with E-state index in [1.165, 1.54) is 24.5 Å². The van der Waals surface area contributed by atoms with Crippen molar-refractivity contribution >= 4 is 11.8 Å². The van der Waals surface area contributed by atoms with Gasteiger partial charge < -0.3 is 10.4 Å². The molecule has 6 heteroatoms. The second-order valence-electron chi connectivity index (χ2n) is 3.89. The Bertz CT molecular complexity index is 502. The van der Waals surface area contributed by atoms with Crippen LogP contribution in [0.5, 0.6) is 0 Å². The monoisotopic (exact) mass is 262 g/mol. The van der Waals surface area contributed by atoms with Gasteiger partial charge in [-0.3, -0.25) is 14.8 Å². The number of carbonyl (C=O) groups excluding carboxylic acids is 2. The highest BCUT2D eigenvalue weighted by molar-refractivity contribution is 5.97. The third-order valence-corrected chi connectivity index (χ3v) is 2.48. The topological polar surface area (TPSA) is 98.7 Å². The number of benzene rings is 1. The lowest BCUT2D eigenvalue weighted by Gasteiger charge is -2.19. The van der Waals surface area contributed by atoms with Crippen LogP contribution >= 0.6 is 0 Å². The average Bonchev–Trinajstić information content (AvgIpc) is 2.43. The molecule has 0 heterocycles. The van der Waals surface area contributed by atoms with E-state index in [2.05, 4.69) is 11.2 Å². The Morgan fingerprint density at radius 1 is 1.32 bits per heavy atom. The Kier molecular flexibility index (Phi) is 5.06. The molecule has 0 fully saturated rings. The lowest BCUT2D eigenvalue weighted by atomic mass is 10.1. The quantitative estimate of drug-likeness (QED) is 0.339. The van der Waals surface area contributed by atoms with E-state index in [0.29, 0.717) is 5.56 Å². The fraction of sp³-hybridized carbons (Fsp3) is 0.231. The van der Waals surface area contributed by atoms with Gasteiger partial charge in [0, 0.05) is 11.1 Å². The van der Waals surface area contributed by atoms with Crippen molar-refractivity contribution in [1.82, 2.24) is 10.8 Å². The predicted octanol–water partition coefficient (Wildman–Crippen LogP) is -0.347. The van der Waals surface area contributed by atoms with Crippen molar-refractivity contribution in [3.05, 3.63) is 35.4 Å².